The Morgan fingerprint density at radius 1 is 0.385 bits per heavy atom. The van der Waals surface area contributed by atoms with Gasteiger partial charge in [-0.15, -0.1) is 0 Å². The Bertz CT molecular complexity index is 884. The first kappa shape index (κ1) is 16.4. The molecule has 26 heavy (non-hydrogen) atoms. The molecule has 0 bridgehead atoms. The van der Waals surface area contributed by atoms with Gasteiger partial charge in [-0.1, -0.05) is 115 Å². The molecule has 0 heterocycles. The molecule has 0 spiro atoms. The first-order valence-electron chi connectivity index (χ1n) is 9.01. The van der Waals surface area contributed by atoms with E-state index in [0.717, 1.165) is 6.42 Å². The van der Waals surface area contributed by atoms with E-state index in [1.54, 1.807) is 0 Å². The maximum atomic E-state index is 2.24. The topological polar surface area (TPSA) is 0 Å². The van der Waals surface area contributed by atoms with Gasteiger partial charge in [0.05, 0.1) is 5.92 Å². The molecule has 125 valence electrons. The van der Waals surface area contributed by atoms with Gasteiger partial charge < -0.3 is 0 Å². The molecule has 4 rings (SSSR count). The second-order valence-corrected chi connectivity index (χ2v) is 6.47. The molecule has 0 saturated heterocycles. The van der Waals surface area contributed by atoms with Gasteiger partial charge >= 0.3 is 0 Å². The lowest BCUT2D eigenvalue weighted by molar-refractivity contribution is 1.17. The summed E-state index contributed by atoms with van der Waals surface area (Å²) in [6.45, 7) is 0. The summed E-state index contributed by atoms with van der Waals surface area (Å²) >= 11 is 0. The van der Waals surface area contributed by atoms with E-state index < -0.39 is 0 Å². The van der Waals surface area contributed by atoms with Crippen LogP contribution in [0.15, 0.2) is 115 Å². The van der Waals surface area contributed by atoms with Crippen molar-refractivity contribution in [2.75, 3.05) is 0 Å². The Morgan fingerprint density at radius 3 is 1.27 bits per heavy atom. The first-order valence-corrected chi connectivity index (χ1v) is 9.01. The van der Waals surface area contributed by atoms with Gasteiger partial charge in [-0.2, -0.15) is 0 Å². The highest BCUT2D eigenvalue weighted by atomic mass is 14.2. The van der Waals surface area contributed by atoms with Crippen molar-refractivity contribution in [2.45, 2.75) is 6.42 Å². The molecule has 0 N–H and O–H groups in total. The summed E-state index contributed by atoms with van der Waals surface area (Å²) in [6.07, 6.45) is 0.965. The fraction of sp³-hybridized carbons (Fsp3) is 0.0385. The van der Waals surface area contributed by atoms with Gasteiger partial charge in [-0.3, -0.25) is 0 Å². The number of rotatable bonds is 5. The van der Waals surface area contributed by atoms with Gasteiger partial charge in [0, 0.05) is 0 Å². The third kappa shape index (κ3) is 3.75. The zero-order chi connectivity index (χ0) is 17.6. The van der Waals surface area contributed by atoms with E-state index in [9.17, 15) is 0 Å². The minimum atomic E-state index is 0.965. The highest BCUT2D eigenvalue weighted by molar-refractivity contribution is 5.57. The van der Waals surface area contributed by atoms with Crippen molar-refractivity contribution in [1.29, 1.82) is 0 Å². The number of benzene rings is 4. The van der Waals surface area contributed by atoms with Crippen LogP contribution in [-0.4, -0.2) is 0 Å². The third-order valence-electron chi connectivity index (χ3n) is 4.62. The number of hydrogen-bond acceptors (Lipinski definition) is 0. The van der Waals surface area contributed by atoms with Crippen LogP contribution in [0.1, 0.15) is 27.8 Å². The normalized spacial score (nSPS) is 10.8. The van der Waals surface area contributed by atoms with Crippen LogP contribution in [0.5, 0.6) is 0 Å². The standard InChI is InChI=1S/C26H21/c1-4-10-21(11-5-1)20-22-16-18-25(19-17-22)26(23-12-6-2-7-13-23)24-14-8-3-9-15-24/h1-19H,20H2. The summed E-state index contributed by atoms with van der Waals surface area (Å²) in [7, 11) is 0. The molecule has 0 unspecified atom stereocenters. The van der Waals surface area contributed by atoms with Crippen LogP contribution >= 0.6 is 0 Å². The van der Waals surface area contributed by atoms with Crippen LogP contribution in [0, 0.1) is 5.92 Å². The lowest BCUT2D eigenvalue weighted by Crippen LogP contribution is -2.04. The minimum Gasteiger partial charge on any atom is -0.0622 e. The lowest BCUT2D eigenvalue weighted by Gasteiger charge is -2.18. The van der Waals surface area contributed by atoms with Crippen LogP contribution < -0.4 is 0 Å². The van der Waals surface area contributed by atoms with E-state index in [-0.39, 0.29) is 0 Å². The molecule has 4 aromatic carbocycles. The molecule has 0 atom stereocenters. The molecule has 0 saturated carbocycles. The Balaban J connectivity index is 1.66. The highest BCUT2D eigenvalue weighted by Crippen LogP contribution is 2.31. The van der Waals surface area contributed by atoms with Gasteiger partial charge in [-0.25, -0.2) is 0 Å². The lowest BCUT2D eigenvalue weighted by atomic mass is 9.85. The Morgan fingerprint density at radius 2 is 0.769 bits per heavy atom. The van der Waals surface area contributed by atoms with Crippen LogP contribution in [-0.2, 0) is 6.42 Å². The molecule has 0 aliphatic heterocycles. The largest absolute Gasteiger partial charge is 0.0629 e. The molecule has 1 radical (unpaired) electrons. The summed E-state index contributed by atoms with van der Waals surface area (Å²) in [5, 5.41) is 0. The van der Waals surface area contributed by atoms with Crippen molar-refractivity contribution in [2.24, 2.45) is 0 Å². The van der Waals surface area contributed by atoms with Crippen molar-refractivity contribution >= 4 is 0 Å². The predicted molar refractivity (Wildman–Crippen MR) is 109 cm³/mol. The fourth-order valence-corrected chi connectivity index (χ4v) is 3.33. The molecule has 0 aliphatic carbocycles. The molecule has 0 nitrogen and oxygen atoms in total. The van der Waals surface area contributed by atoms with E-state index >= 15 is 0 Å². The quantitative estimate of drug-likeness (QED) is 0.376. The van der Waals surface area contributed by atoms with Gasteiger partial charge in [0.2, 0.25) is 0 Å². The predicted octanol–water partition coefficient (Wildman–Crippen LogP) is 6.30. The summed E-state index contributed by atoms with van der Waals surface area (Å²) in [4.78, 5) is 0. The third-order valence-corrected chi connectivity index (χ3v) is 4.62. The average Bonchev–Trinajstić information content (AvgIpc) is 2.72. The van der Waals surface area contributed by atoms with Gasteiger partial charge in [-0.05, 0) is 34.2 Å². The maximum Gasteiger partial charge on any atom is 0.0629 e. The van der Waals surface area contributed by atoms with Gasteiger partial charge in [0.1, 0.15) is 0 Å². The monoisotopic (exact) mass is 333 g/mol. The highest BCUT2D eigenvalue weighted by Gasteiger charge is 2.17. The van der Waals surface area contributed by atoms with E-state index in [2.05, 4.69) is 115 Å². The number of hydrogen-bond donors (Lipinski definition) is 0. The Kier molecular flexibility index (Phi) is 4.93. The van der Waals surface area contributed by atoms with Crippen LogP contribution in [0.25, 0.3) is 0 Å². The van der Waals surface area contributed by atoms with Crippen molar-refractivity contribution in [3.63, 3.8) is 0 Å². The van der Waals surface area contributed by atoms with Crippen LogP contribution in [0.4, 0.5) is 0 Å². The minimum absolute atomic E-state index is 0.965. The molecule has 0 heteroatoms. The smallest absolute Gasteiger partial charge is 0.0622 e. The summed E-state index contributed by atoms with van der Waals surface area (Å²) in [6, 6.07) is 40.8. The maximum absolute atomic E-state index is 2.24. The van der Waals surface area contributed by atoms with E-state index in [4.69, 9.17) is 0 Å². The molecule has 0 aliphatic rings. The molecular weight excluding hydrogens is 312 g/mol. The van der Waals surface area contributed by atoms with Crippen molar-refractivity contribution in [1.82, 2.24) is 0 Å². The summed E-state index contributed by atoms with van der Waals surface area (Å²) in [5.74, 6) is 1.28. The van der Waals surface area contributed by atoms with Crippen molar-refractivity contribution in [3.8, 4) is 0 Å². The Hall–Kier alpha value is -3.12. The molecule has 0 amide bonds. The molecular formula is C26H21. The average molecular weight is 333 g/mol. The van der Waals surface area contributed by atoms with Crippen molar-refractivity contribution in [3.05, 3.63) is 149 Å². The van der Waals surface area contributed by atoms with E-state index in [0.29, 0.717) is 0 Å². The first-order chi connectivity index (χ1) is 12.9. The summed E-state index contributed by atoms with van der Waals surface area (Å²) in [5.41, 5.74) is 6.42. The SMILES string of the molecule is c1ccc(Cc2ccc([C](c3ccccc3)c3ccccc3)cc2)cc1. The van der Waals surface area contributed by atoms with Gasteiger partial charge in [0.15, 0.2) is 0 Å². The fourth-order valence-electron chi connectivity index (χ4n) is 3.33. The summed E-state index contributed by atoms with van der Waals surface area (Å²) < 4.78 is 0. The zero-order valence-electron chi connectivity index (χ0n) is 14.7. The molecule has 4 aromatic rings. The van der Waals surface area contributed by atoms with Gasteiger partial charge in [0.25, 0.3) is 0 Å². The molecule has 0 fully saturated rings. The second kappa shape index (κ2) is 7.84. The molecule has 0 aromatic heterocycles. The second-order valence-electron chi connectivity index (χ2n) is 6.47. The van der Waals surface area contributed by atoms with E-state index in [1.165, 1.54) is 33.7 Å². The van der Waals surface area contributed by atoms with Crippen LogP contribution in [0.2, 0.25) is 0 Å². The van der Waals surface area contributed by atoms with E-state index in [1.807, 2.05) is 0 Å². The van der Waals surface area contributed by atoms with Crippen molar-refractivity contribution < 1.29 is 0 Å². The zero-order valence-corrected chi connectivity index (χ0v) is 14.7. The van der Waals surface area contributed by atoms with Crippen LogP contribution in [0.3, 0.4) is 0 Å². The Labute approximate surface area is 155 Å².